The lowest BCUT2D eigenvalue weighted by molar-refractivity contribution is -0.170. The van der Waals surface area contributed by atoms with Gasteiger partial charge in [-0.15, -0.1) is 0 Å². The zero-order valence-corrected chi connectivity index (χ0v) is 14.2. The van der Waals surface area contributed by atoms with Gasteiger partial charge in [0.25, 0.3) is 0 Å². The third kappa shape index (κ3) is 4.97. The second kappa shape index (κ2) is 6.99. The van der Waals surface area contributed by atoms with Crippen molar-refractivity contribution in [2.24, 2.45) is 17.8 Å². The molecule has 2 fully saturated rings. The third-order valence-electron chi connectivity index (χ3n) is 4.44. The molecule has 0 spiro atoms. The number of methoxy groups -OCH3 is 1. The number of ether oxygens (including phenoxy) is 2. The molecule has 2 aliphatic carbocycles. The van der Waals surface area contributed by atoms with Gasteiger partial charge in [-0.25, -0.2) is 0 Å². The summed E-state index contributed by atoms with van der Waals surface area (Å²) in [6.45, 7) is 6.48. The van der Waals surface area contributed by atoms with Crippen molar-refractivity contribution in [1.82, 2.24) is 5.32 Å². The Morgan fingerprint density at radius 3 is 2.27 bits per heavy atom. The molecule has 0 amide bonds. The Morgan fingerprint density at radius 1 is 1.05 bits per heavy atom. The van der Waals surface area contributed by atoms with Gasteiger partial charge in [0.1, 0.15) is 5.60 Å². The van der Waals surface area contributed by atoms with Crippen molar-refractivity contribution < 1.29 is 19.1 Å². The van der Waals surface area contributed by atoms with Crippen LogP contribution in [0.5, 0.6) is 0 Å². The fourth-order valence-electron chi connectivity index (χ4n) is 3.14. The molecule has 2 rings (SSSR count). The fourth-order valence-corrected chi connectivity index (χ4v) is 3.14. The van der Waals surface area contributed by atoms with Crippen molar-refractivity contribution in [1.29, 1.82) is 0 Å². The van der Waals surface area contributed by atoms with E-state index in [2.05, 4.69) is 5.32 Å². The first kappa shape index (κ1) is 17.3. The SMILES string of the molecule is COC(=O)[C@H]1CC(CNC2CC2)CC[C@@H]1C(=O)OC(C)(C)C. The fraction of sp³-hybridized carbons (Fsp3) is 0.882. The molecule has 0 aromatic carbocycles. The minimum Gasteiger partial charge on any atom is -0.469 e. The second-order valence-corrected chi connectivity index (χ2v) is 7.63. The van der Waals surface area contributed by atoms with Gasteiger partial charge in [-0.1, -0.05) is 0 Å². The maximum atomic E-state index is 12.4. The molecule has 5 nitrogen and oxygen atoms in total. The van der Waals surface area contributed by atoms with E-state index in [4.69, 9.17) is 9.47 Å². The summed E-state index contributed by atoms with van der Waals surface area (Å²) in [7, 11) is 1.39. The van der Waals surface area contributed by atoms with Crippen LogP contribution in [-0.2, 0) is 19.1 Å². The lowest BCUT2D eigenvalue weighted by Gasteiger charge is -2.34. The Kier molecular flexibility index (Phi) is 5.48. The van der Waals surface area contributed by atoms with E-state index in [0.717, 1.165) is 13.0 Å². The van der Waals surface area contributed by atoms with Gasteiger partial charge < -0.3 is 14.8 Å². The molecule has 0 bridgehead atoms. The number of nitrogens with one attached hydrogen (secondary N) is 1. The maximum absolute atomic E-state index is 12.4. The first-order valence-corrected chi connectivity index (χ1v) is 8.34. The monoisotopic (exact) mass is 311 g/mol. The van der Waals surface area contributed by atoms with Gasteiger partial charge >= 0.3 is 11.9 Å². The van der Waals surface area contributed by atoms with Crippen molar-refractivity contribution in [3.8, 4) is 0 Å². The first-order chi connectivity index (χ1) is 10.3. The van der Waals surface area contributed by atoms with Crippen LogP contribution in [0.4, 0.5) is 0 Å². The minimum absolute atomic E-state index is 0.267. The molecule has 126 valence electrons. The van der Waals surface area contributed by atoms with E-state index in [0.29, 0.717) is 24.8 Å². The Bertz CT molecular complexity index is 411. The quantitative estimate of drug-likeness (QED) is 0.789. The average Bonchev–Trinajstić information content (AvgIpc) is 3.26. The minimum atomic E-state index is -0.526. The molecule has 22 heavy (non-hydrogen) atoms. The van der Waals surface area contributed by atoms with Gasteiger partial charge in [-0.3, -0.25) is 9.59 Å². The van der Waals surface area contributed by atoms with Crippen molar-refractivity contribution >= 4 is 11.9 Å². The molecule has 2 aliphatic rings. The molecule has 0 radical (unpaired) electrons. The van der Waals surface area contributed by atoms with Gasteiger partial charge in [-0.2, -0.15) is 0 Å². The lowest BCUT2D eigenvalue weighted by atomic mass is 9.74. The molecule has 0 heterocycles. The van der Waals surface area contributed by atoms with E-state index in [1.807, 2.05) is 20.8 Å². The van der Waals surface area contributed by atoms with Crippen LogP contribution in [0.25, 0.3) is 0 Å². The van der Waals surface area contributed by atoms with E-state index >= 15 is 0 Å². The molecular formula is C17H29NO4. The van der Waals surface area contributed by atoms with Gasteiger partial charge in [0.2, 0.25) is 0 Å². The van der Waals surface area contributed by atoms with Crippen molar-refractivity contribution in [3.63, 3.8) is 0 Å². The van der Waals surface area contributed by atoms with Crippen molar-refractivity contribution in [2.45, 2.75) is 64.5 Å². The van der Waals surface area contributed by atoms with Gasteiger partial charge in [-0.05, 0) is 65.3 Å². The summed E-state index contributed by atoms with van der Waals surface area (Å²) in [5, 5.41) is 3.52. The normalized spacial score (nSPS) is 29.0. The van der Waals surface area contributed by atoms with E-state index < -0.39 is 5.60 Å². The van der Waals surface area contributed by atoms with Gasteiger partial charge in [0.05, 0.1) is 18.9 Å². The average molecular weight is 311 g/mol. The van der Waals surface area contributed by atoms with Crippen LogP contribution in [-0.4, -0.2) is 37.2 Å². The van der Waals surface area contributed by atoms with E-state index in [1.54, 1.807) is 0 Å². The van der Waals surface area contributed by atoms with Crippen LogP contribution >= 0.6 is 0 Å². The molecule has 0 aromatic heterocycles. The highest BCUT2D eigenvalue weighted by Crippen LogP contribution is 2.36. The predicted molar refractivity (Wildman–Crippen MR) is 83.2 cm³/mol. The predicted octanol–water partition coefficient (Wildman–Crippen LogP) is 2.29. The zero-order valence-electron chi connectivity index (χ0n) is 14.2. The number of rotatable bonds is 5. The van der Waals surface area contributed by atoms with Gasteiger partial charge in [0, 0.05) is 6.04 Å². The van der Waals surface area contributed by atoms with E-state index in [1.165, 1.54) is 20.0 Å². The molecule has 3 atom stereocenters. The Balaban J connectivity index is 1.96. The standard InChI is InChI=1S/C17H29NO4/c1-17(2,3)22-16(20)13-8-5-11(10-18-12-6-7-12)9-14(13)15(19)21-4/h11-14,18H,5-10H2,1-4H3/t11?,13-,14-/m0/s1. The number of hydrogen-bond acceptors (Lipinski definition) is 5. The van der Waals surface area contributed by atoms with Gasteiger partial charge in [0.15, 0.2) is 0 Å². The topological polar surface area (TPSA) is 64.6 Å². The summed E-state index contributed by atoms with van der Waals surface area (Å²) < 4.78 is 10.4. The summed E-state index contributed by atoms with van der Waals surface area (Å²) in [6, 6.07) is 0.667. The lowest BCUT2D eigenvalue weighted by Crippen LogP contribution is -2.41. The molecule has 1 unspecified atom stereocenters. The van der Waals surface area contributed by atoms with Crippen LogP contribution in [0.1, 0.15) is 52.9 Å². The molecule has 0 aromatic rings. The third-order valence-corrected chi connectivity index (χ3v) is 4.44. The Morgan fingerprint density at radius 2 is 1.73 bits per heavy atom. The largest absolute Gasteiger partial charge is 0.469 e. The molecule has 0 saturated heterocycles. The maximum Gasteiger partial charge on any atom is 0.310 e. The van der Waals surface area contributed by atoms with Crippen LogP contribution < -0.4 is 5.32 Å². The number of carbonyl (C=O) groups excluding carboxylic acids is 2. The number of hydrogen-bond donors (Lipinski definition) is 1. The smallest absolute Gasteiger partial charge is 0.310 e. The number of carbonyl (C=O) groups is 2. The van der Waals surface area contributed by atoms with Crippen molar-refractivity contribution in [3.05, 3.63) is 0 Å². The molecule has 2 saturated carbocycles. The zero-order chi connectivity index (χ0) is 16.3. The highest BCUT2D eigenvalue weighted by molar-refractivity contribution is 5.82. The van der Waals surface area contributed by atoms with Crippen LogP contribution in [0.15, 0.2) is 0 Å². The Labute approximate surface area is 133 Å². The highest BCUT2D eigenvalue weighted by Gasteiger charge is 2.42. The number of esters is 2. The summed E-state index contributed by atoms with van der Waals surface area (Å²) in [5.41, 5.74) is -0.526. The summed E-state index contributed by atoms with van der Waals surface area (Å²) in [4.78, 5) is 24.5. The Hall–Kier alpha value is -1.10. The van der Waals surface area contributed by atoms with Crippen molar-refractivity contribution in [2.75, 3.05) is 13.7 Å². The van der Waals surface area contributed by atoms with Crippen LogP contribution in [0.2, 0.25) is 0 Å². The highest BCUT2D eigenvalue weighted by atomic mass is 16.6. The summed E-state index contributed by atoms with van der Waals surface area (Å²) in [5.74, 6) is -0.865. The first-order valence-electron chi connectivity index (χ1n) is 8.34. The van der Waals surface area contributed by atoms with Crippen LogP contribution in [0, 0.1) is 17.8 Å². The van der Waals surface area contributed by atoms with E-state index in [9.17, 15) is 9.59 Å². The van der Waals surface area contributed by atoms with E-state index in [-0.39, 0.29) is 23.8 Å². The molecule has 0 aliphatic heterocycles. The summed E-state index contributed by atoms with van der Waals surface area (Å²) in [6.07, 6.45) is 4.88. The molecule has 5 heteroatoms. The summed E-state index contributed by atoms with van der Waals surface area (Å²) >= 11 is 0. The molecular weight excluding hydrogens is 282 g/mol. The molecule has 1 N–H and O–H groups in total. The second-order valence-electron chi connectivity index (χ2n) is 7.63. The van der Waals surface area contributed by atoms with Crippen LogP contribution in [0.3, 0.4) is 0 Å².